The summed E-state index contributed by atoms with van der Waals surface area (Å²) in [6.45, 7) is 0.399. The maximum Gasteiger partial charge on any atom is 0.248 e. The molecular weight excluding hydrogens is 373 g/mol. The monoisotopic (exact) mass is 391 g/mol. The van der Waals surface area contributed by atoms with Crippen molar-refractivity contribution in [1.29, 1.82) is 0 Å². The fraction of sp³-hybridized carbons (Fsp3) is 0.429. The number of carbonyl (C=O) groups is 1. The minimum Gasteiger partial charge on any atom is -0.357 e. The van der Waals surface area contributed by atoms with Crippen LogP contribution in [0.4, 0.5) is 4.39 Å². The topological polar surface area (TPSA) is 87.3 Å². The second-order valence-corrected chi connectivity index (χ2v) is 9.24. The number of sulfone groups is 1. The second-order valence-electron chi connectivity index (χ2n) is 5.32. The first-order valence-corrected chi connectivity index (χ1v) is 10.5. The summed E-state index contributed by atoms with van der Waals surface area (Å²) >= 11 is 6.35. The van der Waals surface area contributed by atoms with Gasteiger partial charge in [0, 0.05) is 11.8 Å². The van der Waals surface area contributed by atoms with Gasteiger partial charge in [-0.3, -0.25) is 15.6 Å². The fourth-order valence-corrected chi connectivity index (χ4v) is 5.64. The zero-order valence-electron chi connectivity index (χ0n) is 12.7. The van der Waals surface area contributed by atoms with Crippen molar-refractivity contribution >= 4 is 44.8 Å². The Kier molecular flexibility index (Phi) is 6.81. The standard InChI is InChI=1S/C14H18FN3O3S3/c15-11-3-1-10(2-4-11)7-16-14(22)18-17-13(19)8-23-12-5-6-24(20,21)9-12/h1-4,12H,5-9H2,(H,17,19)(H2,16,18,22)/t12-/m1/s1. The minimum atomic E-state index is -2.93. The van der Waals surface area contributed by atoms with E-state index in [0.717, 1.165) is 5.56 Å². The number of hydrogen-bond acceptors (Lipinski definition) is 5. The molecule has 0 unspecified atom stereocenters. The van der Waals surface area contributed by atoms with Crippen LogP contribution in [-0.4, -0.2) is 41.9 Å². The highest BCUT2D eigenvalue weighted by molar-refractivity contribution is 8.02. The number of thiocarbonyl (C=S) groups is 1. The van der Waals surface area contributed by atoms with Crippen molar-refractivity contribution in [2.75, 3.05) is 17.3 Å². The lowest BCUT2D eigenvalue weighted by atomic mass is 10.2. The van der Waals surface area contributed by atoms with Gasteiger partial charge in [-0.15, -0.1) is 11.8 Å². The van der Waals surface area contributed by atoms with Crippen LogP contribution in [0.25, 0.3) is 0 Å². The Morgan fingerprint density at radius 1 is 1.29 bits per heavy atom. The maximum absolute atomic E-state index is 12.8. The fourth-order valence-electron chi connectivity index (χ4n) is 2.08. The first kappa shape index (κ1) is 18.9. The normalized spacial score (nSPS) is 18.8. The Hall–Kier alpha value is -1.39. The van der Waals surface area contributed by atoms with Gasteiger partial charge in [-0.1, -0.05) is 12.1 Å². The average molecular weight is 392 g/mol. The number of benzene rings is 1. The number of hydrogen-bond donors (Lipinski definition) is 3. The summed E-state index contributed by atoms with van der Waals surface area (Å²) in [6.07, 6.45) is 0.589. The minimum absolute atomic E-state index is 0.0238. The summed E-state index contributed by atoms with van der Waals surface area (Å²) in [6, 6.07) is 5.98. The van der Waals surface area contributed by atoms with Crippen LogP contribution in [-0.2, 0) is 21.2 Å². The quantitative estimate of drug-likeness (QED) is 0.504. The summed E-state index contributed by atoms with van der Waals surface area (Å²) in [5.41, 5.74) is 5.87. The van der Waals surface area contributed by atoms with Gasteiger partial charge >= 0.3 is 0 Å². The van der Waals surface area contributed by atoms with Gasteiger partial charge < -0.3 is 5.32 Å². The van der Waals surface area contributed by atoms with Gasteiger partial charge in [0.2, 0.25) is 5.91 Å². The highest BCUT2D eigenvalue weighted by atomic mass is 32.2. The van der Waals surface area contributed by atoms with Crippen molar-refractivity contribution < 1.29 is 17.6 Å². The molecule has 3 N–H and O–H groups in total. The highest BCUT2D eigenvalue weighted by Crippen LogP contribution is 2.23. The van der Waals surface area contributed by atoms with Crippen LogP contribution in [0, 0.1) is 5.82 Å². The van der Waals surface area contributed by atoms with Crippen molar-refractivity contribution in [3.8, 4) is 0 Å². The van der Waals surface area contributed by atoms with Crippen molar-refractivity contribution in [1.82, 2.24) is 16.2 Å². The van der Waals surface area contributed by atoms with E-state index in [1.807, 2.05) is 0 Å². The molecule has 0 radical (unpaired) electrons. The second kappa shape index (κ2) is 8.63. The average Bonchev–Trinajstić information content (AvgIpc) is 2.89. The van der Waals surface area contributed by atoms with Gasteiger partial charge in [0.25, 0.3) is 0 Å². The van der Waals surface area contributed by atoms with Crippen LogP contribution >= 0.6 is 24.0 Å². The molecule has 1 aromatic rings. The SMILES string of the molecule is O=C(CS[C@@H]1CCS(=O)(=O)C1)NNC(=S)NCc1ccc(F)cc1. The van der Waals surface area contributed by atoms with E-state index >= 15 is 0 Å². The molecule has 0 aliphatic carbocycles. The van der Waals surface area contributed by atoms with E-state index in [0.29, 0.717) is 13.0 Å². The molecule has 0 bridgehead atoms. The summed E-state index contributed by atoms with van der Waals surface area (Å²) in [5.74, 6) is -0.0967. The Balaban J connectivity index is 1.61. The molecule has 2 rings (SSSR count). The van der Waals surface area contributed by atoms with E-state index < -0.39 is 9.84 Å². The van der Waals surface area contributed by atoms with Crippen molar-refractivity contribution in [2.45, 2.75) is 18.2 Å². The van der Waals surface area contributed by atoms with Crippen LogP contribution in [0.5, 0.6) is 0 Å². The van der Waals surface area contributed by atoms with Crippen LogP contribution < -0.4 is 16.2 Å². The third-order valence-corrected chi connectivity index (χ3v) is 6.85. The van der Waals surface area contributed by atoms with E-state index in [2.05, 4.69) is 16.2 Å². The van der Waals surface area contributed by atoms with Gasteiger partial charge in [-0.25, -0.2) is 12.8 Å². The van der Waals surface area contributed by atoms with Crippen LogP contribution in [0.2, 0.25) is 0 Å². The zero-order chi connectivity index (χ0) is 17.6. The van der Waals surface area contributed by atoms with Crippen molar-refractivity contribution in [2.24, 2.45) is 0 Å². The molecule has 1 heterocycles. The molecule has 1 saturated heterocycles. The molecule has 1 amide bonds. The number of nitrogens with one attached hydrogen (secondary N) is 3. The van der Waals surface area contributed by atoms with Gasteiger partial charge in [-0.2, -0.15) is 0 Å². The molecule has 132 valence electrons. The van der Waals surface area contributed by atoms with Gasteiger partial charge in [0.05, 0.1) is 17.3 Å². The highest BCUT2D eigenvalue weighted by Gasteiger charge is 2.28. The summed E-state index contributed by atoms with van der Waals surface area (Å²) in [7, 11) is -2.93. The van der Waals surface area contributed by atoms with Crippen LogP contribution in [0.15, 0.2) is 24.3 Å². The molecule has 1 atom stereocenters. The Bertz CT molecular complexity index is 695. The lowest BCUT2D eigenvalue weighted by Crippen LogP contribution is -2.47. The number of carbonyl (C=O) groups excluding carboxylic acids is 1. The van der Waals surface area contributed by atoms with E-state index in [4.69, 9.17) is 12.2 Å². The molecule has 1 aliphatic rings. The molecule has 6 nitrogen and oxygen atoms in total. The number of amides is 1. The summed E-state index contributed by atoms with van der Waals surface area (Å²) in [5, 5.41) is 3.09. The number of hydrazine groups is 1. The largest absolute Gasteiger partial charge is 0.357 e. The molecular formula is C14H18FN3O3S3. The lowest BCUT2D eigenvalue weighted by Gasteiger charge is -2.12. The van der Waals surface area contributed by atoms with Crippen molar-refractivity contribution in [3.63, 3.8) is 0 Å². The molecule has 0 spiro atoms. The molecule has 1 aromatic carbocycles. The maximum atomic E-state index is 12.8. The summed E-state index contributed by atoms with van der Waals surface area (Å²) < 4.78 is 35.5. The molecule has 10 heteroatoms. The predicted molar refractivity (Wildman–Crippen MR) is 96.6 cm³/mol. The number of thioether (sulfide) groups is 1. The van der Waals surface area contributed by atoms with E-state index in [1.165, 1.54) is 23.9 Å². The zero-order valence-corrected chi connectivity index (χ0v) is 15.2. The molecule has 0 saturated carbocycles. The third kappa shape index (κ3) is 6.62. The Labute approximate surface area is 149 Å². The third-order valence-electron chi connectivity index (χ3n) is 3.32. The van der Waals surface area contributed by atoms with Crippen molar-refractivity contribution in [3.05, 3.63) is 35.6 Å². The molecule has 1 fully saturated rings. The summed E-state index contributed by atoms with van der Waals surface area (Å²) in [4.78, 5) is 11.7. The van der Waals surface area contributed by atoms with E-state index in [9.17, 15) is 17.6 Å². The Morgan fingerprint density at radius 2 is 2.00 bits per heavy atom. The number of rotatable bonds is 5. The van der Waals surface area contributed by atoms with Gasteiger partial charge in [0.15, 0.2) is 14.9 Å². The van der Waals surface area contributed by atoms with Crippen LogP contribution in [0.1, 0.15) is 12.0 Å². The first-order chi connectivity index (χ1) is 11.3. The van der Waals surface area contributed by atoms with Gasteiger partial charge in [-0.05, 0) is 36.3 Å². The van der Waals surface area contributed by atoms with Gasteiger partial charge in [0.1, 0.15) is 5.82 Å². The Morgan fingerprint density at radius 3 is 2.62 bits per heavy atom. The molecule has 0 aromatic heterocycles. The lowest BCUT2D eigenvalue weighted by molar-refractivity contribution is -0.119. The van der Waals surface area contributed by atoms with E-state index in [-0.39, 0.29) is 39.3 Å². The predicted octanol–water partition coefficient (Wildman–Crippen LogP) is 0.741. The van der Waals surface area contributed by atoms with Crippen LogP contribution in [0.3, 0.4) is 0 Å². The number of halogens is 1. The van der Waals surface area contributed by atoms with E-state index in [1.54, 1.807) is 12.1 Å². The molecule has 24 heavy (non-hydrogen) atoms. The molecule has 1 aliphatic heterocycles. The smallest absolute Gasteiger partial charge is 0.248 e. The first-order valence-electron chi connectivity index (χ1n) is 7.23.